The predicted octanol–water partition coefficient (Wildman–Crippen LogP) is 0.776. The van der Waals surface area contributed by atoms with Gasteiger partial charge in [0, 0.05) is 58.6 Å². The zero-order valence-electron chi connectivity index (χ0n) is 16.8. The number of piperazine rings is 2. The highest BCUT2D eigenvalue weighted by Crippen LogP contribution is 2.20. The van der Waals surface area contributed by atoms with E-state index in [0.29, 0.717) is 55.5 Å². The molecule has 2 saturated heterocycles. The summed E-state index contributed by atoms with van der Waals surface area (Å²) in [4.78, 5) is 16.7. The van der Waals surface area contributed by atoms with Crippen LogP contribution in [-0.4, -0.2) is 102 Å². The van der Waals surface area contributed by atoms with Crippen molar-refractivity contribution >= 4 is 27.7 Å². The zero-order valence-corrected chi connectivity index (χ0v) is 18.4. The summed E-state index contributed by atoms with van der Waals surface area (Å²) in [5.74, 6) is -0.162. The van der Waals surface area contributed by atoms with Crippen LogP contribution in [0.25, 0.3) is 5.69 Å². The molecule has 0 spiro atoms. The first-order valence-corrected chi connectivity index (χ1v) is 11.7. The maximum atomic E-state index is 12.9. The Morgan fingerprint density at radius 1 is 0.967 bits per heavy atom. The molecule has 0 radical (unpaired) electrons. The third kappa shape index (κ3) is 4.23. The van der Waals surface area contributed by atoms with Crippen LogP contribution in [0.3, 0.4) is 0 Å². The highest BCUT2D eigenvalue weighted by atomic mass is 35.5. The Bertz CT molecular complexity index is 1010. The molecule has 162 valence electrons. The normalized spacial score (nSPS) is 19.9. The fourth-order valence-electron chi connectivity index (χ4n) is 3.69. The third-order valence-electron chi connectivity index (χ3n) is 5.57. The fourth-order valence-corrected chi connectivity index (χ4v) is 5.49. The topological polar surface area (TPSA) is 82.0 Å². The maximum absolute atomic E-state index is 12.9. The van der Waals surface area contributed by atoms with Crippen molar-refractivity contribution in [2.75, 3.05) is 59.4 Å². The van der Waals surface area contributed by atoms with Gasteiger partial charge in [-0.2, -0.15) is 22.1 Å². The minimum atomic E-state index is -3.49. The quantitative estimate of drug-likeness (QED) is 0.684. The van der Waals surface area contributed by atoms with Crippen molar-refractivity contribution in [3.05, 3.63) is 47.2 Å². The Morgan fingerprint density at radius 3 is 2.20 bits per heavy atom. The van der Waals surface area contributed by atoms with Crippen LogP contribution in [0.4, 0.5) is 0 Å². The number of hydrogen-bond donors (Lipinski definition) is 0. The molecule has 0 saturated carbocycles. The van der Waals surface area contributed by atoms with E-state index in [1.807, 2.05) is 25.2 Å². The number of carbonyl (C=O) groups is 1. The molecular formula is C19H25ClN6O3S. The van der Waals surface area contributed by atoms with E-state index in [2.05, 4.69) is 10.00 Å². The summed E-state index contributed by atoms with van der Waals surface area (Å²) < 4.78 is 30.4. The van der Waals surface area contributed by atoms with E-state index in [1.54, 1.807) is 21.8 Å². The van der Waals surface area contributed by atoms with Gasteiger partial charge in [-0.05, 0) is 19.2 Å². The zero-order chi connectivity index (χ0) is 21.3. The minimum absolute atomic E-state index is 0.162. The first-order valence-electron chi connectivity index (χ1n) is 9.89. The standard InChI is InChI=1S/C19H25ClN6O3S/c1-22-6-10-24(11-7-22)30(28,29)25-12-8-23(9-13-25)19(27)16-14-21-26(15-16)18-5-3-2-4-17(18)20/h2-5,14-15H,6-13H2,1H3. The van der Waals surface area contributed by atoms with Gasteiger partial charge in [-0.1, -0.05) is 23.7 Å². The fraction of sp³-hybridized carbons (Fsp3) is 0.474. The van der Waals surface area contributed by atoms with Gasteiger partial charge >= 0.3 is 0 Å². The predicted molar refractivity (Wildman–Crippen MR) is 114 cm³/mol. The number of carbonyl (C=O) groups excluding carboxylic acids is 1. The van der Waals surface area contributed by atoms with Crippen LogP contribution in [0.5, 0.6) is 0 Å². The Labute approximate surface area is 181 Å². The van der Waals surface area contributed by atoms with Crippen LogP contribution in [0, 0.1) is 0 Å². The summed E-state index contributed by atoms with van der Waals surface area (Å²) in [7, 11) is -1.50. The molecule has 9 nitrogen and oxygen atoms in total. The number of para-hydroxylation sites is 1. The van der Waals surface area contributed by atoms with Gasteiger partial charge in [0.25, 0.3) is 16.1 Å². The summed E-state index contributed by atoms with van der Waals surface area (Å²) in [5.41, 5.74) is 1.15. The molecule has 1 amide bonds. The number of hydrogen-bond acceptors (Lipinski definition) is 5. The molecule has 3 heterocycles. The number of amides is 1. The number of nitrogens with zero attached hydrogens (tertiary/aromatic N) is 6. The molecule has 2 fully saturated rings. The Kier molecular flexibility index (Phi) is 6.12. The summed E-state index contributed by atoms with van der Waals surface area (Å²) in [6.45, 7) is 3.74. The van der Waals surface area contributed by atoms with Crippen molar-refractivity contribution in [1.82, 2.24) is 28.2 Å². The van der Waals surface area contributed by atoms with Crippen LogP contribution in [0.1, 0.15) is 10.4 Å². The molecule has 1 aromatic heterocycles. The first-order chi connectivity index (χ1) is 14.4. The SMILES string of the molecule is CN1CCN(S(=O)(=O)N2CCN(C(=O)c3cnn(-c4ccccc4Cl)c3)CC2)CC1. The Balaban J connectivity index is 1.39. The highest BCUT2D eigenvalue weighted by Gasteiger charge is 2.35. The first kappa shape index (κ1) is 21.3. The summed E-state index contributed by atoms with van der Waals surface area (Å²) >= 11 is 6.20. The highest BCUT2D eigenvalue weighted by molar-refractivity contribution is 7.86. The average Bonchev–Trinajstić information content (AvgIpc) is 3.24. The molecule has 0 N–H and O–H groups in total. The van der Waals surface area contributed by atoms with Crippen LogP contribution < -0.4 is 0 Å². The lowest BCUT2D eigenvalue weighted by atomic mass is 10.2. The van der Waals surface area contributed by atoms with Gasteiger partial charge in [0.05, 0.1) is 22.5 Å². The monoisotopic (exact) mass is 452 g/mol. The molecule has 0 aliphatic carbocycles. The van der Waals surface area contributed by atoms with Crippen molar-refractivity contribution in [3.63, 3.8) is 0 Å². The number of rotatable bonds is 4. The van der Waals surface area contributed by atoms with Crippen molar-refractivity contribution < 1.29 is 13.2 Å². The van der Waals surface area contributed by atoms with Crippen LogP contribution in [0.15, 0.2) is 36.7 Å². The van der Waals surface area contributed by atoms with E-state index < -0.39 is 10.2 Å². The number of likely N-dealkylation sites (N-methyl/N-ethyl adjacent to an activating group) is 1. The summed E-state index contributed by atoms with van der Waals surface area (Å²) in [6.07, 6.45) is 3.16. The smallest absolute Gasteiger partial charge is 0.282 e. The molecular weight excluding hydrogens is 428 g/mol. The third-order valence-corrected chi connectivity index (χ3v) is 7.92. The molecule has 0 bridgehead atoms. The minimum Gasteiger partial charge on any atom is -0.336 e. The molecule has 0 atom stereocenters. The lowest BCUT2D eigenvalue weighted by Gasteiger charge is -2.39. The molecule has 1 aromatic carbocycles. The van der Waals surface area contributed by atoms with Gasteiger partial charge in [-0.15, -0.1) is 0 Å². The maximum Gasteiger partial charge on any atom is 0.282 e. The molecule has 0 unspecified atom stereocenters. The van der Waals surface area contributed by atoms with Crippen molar-refractivity contribution in [2.24, 2.45) is 0 Å². The molecule has 2 aliphatic heterocycles. The van der Waals surface area contributed by atoms with E-state index >= 15 is 0 Å². The number of aromatic nitrogens is 2. The average molecular weight is 453 g/mol. The second kappa shape index (κ2) is 8.64. The molecule has 11 heteroatoms. The van der Waals surface area contributed by atoms with E-state index in [-0.39, 0.29) is 5.91 Å². The van der Waals surface area contributed by atoms with Crippen LogP contribution in [0.2, 0.25) is 5.02 Å². The van der Waals surface area contributed by atoms with Gasteiger partial charge in [0.1, 0.15) is 0 Å². The number of halogens is 1. The molecule has 2 aromatic rings. The Hall–Kier alpha value is -1.98. The van der Waals surface area contributed by atoms with Crippen LogP contribution in [-0.2, 0) is 10.2 Å². The largest absolute Gasteiger partial charge is 0.336 e. The van der Waals surface area contributed by atoms with E-state index in [1.165, 1.54) is 14.8 Å². The lowest BCUT2D eigenvalue weighted by molar-refractivity contribution is 0.0692. The summed E-state index contributed by atoms with van der Waals surface area (Å²) in [5, 5.41) is 4.80. The van der Waals surface area contributed by atoms with Gasteiger partial charge in [-0.3, -0.25) is 4.79 Å². The lowest BCUT2D eigenvalue weighted by Crippen LogP contribution is -2.57. The van der Waals surface area contributed by atoms with Gasteiger partial charge in [0.2, 0.25) is 0 Å². The van der Waals surface area contributed by atoms with Crippen molar-refractivity contribution in [1.29, 1.82) is 0 Å². The van der Waals surface area contributed by atoms with Gasteiger partial charge in [0.15, 0.2) is 0 Å². The second-order valence-electron chi connectivity index (χ2n) is 7.53. The van der Waals surface area contributed by atoms with Crippen molar-refractivity contribution in [3.8, 4) is 5.69 Å². The van der Waals surface area contributed by atoms with Crippen molar-refractivity contribution in [2.45, 2.75) is 0 Å². The van der Waals surface area contributed by atoms with E-state index in [4.69, 9.17) is 11.6 Å². The van der Waals surface area contributed by atoms with Gasteiger partial charge in [-0.25, -0.2) is 4.68 Å². The van der Waals surface area contributed by atoms with E-state index in [9.17, 15) is 13.2 Å². The Morgan fingerprint density at radius 2 is 1.57 bits per heavy atom. The second-order valence-corrected chi connectivity index (χ2v) is 9.86. The summed E-state index contributed by atoms with van der Waals surface area (Å²) in [6, 6.07) is 7.27. The van der Waals surface area contributed by atoms with Crippen LogP contribution >= 0.6 is 11.6 Å². The molecule has 30 heavy (non-hydrogen) atoms. The number of benzene rings is 1. The van der Waals surface area contributed by atoms with E-state index in [0.717, 1.165) is 13.1 Å². The van der Waals surface area contributed by atoms with Gasteiger partial charge < -0.3 is 9.80 Å². The molecule has 2 aliphatic rings. The molecule has 4 rings (SSSR count).